The average molecular weight is 297 g/mol. The van der Waals surface area contributed by atoms with Crippen LogP contribution in [0.1, 0.15) is 10.4 Å². The molecule has 5 unspecified atom stereocenters. The van der Waals surface area contributed by atoms with Crippen molar-refractivity contribution in [1.29, 1.82) is 0 Å². The zero-order valence-electron chi connectivity index (χ0n) is 11.5. The molecule has 1 saturated heterocycles. The normalized spacial score (nSPS) is 32.7. The van der Waals surface area contributed by atoms with Crippen LogP contribution in [0.5, 0.6) is 0 Å². The number of hydrogen-bond donors (Lipinski definition) is 4. The fourth-order valence-electron chi connectivity index (χ4n) is 2.28. The molecule has 21 heavy (non-hydrogen) atoms. The number of amides is 1. The molecule has 7 heteroatoms. The Morgan fingerprint density at radius 3 is 2.52 bits per heavy atom. The second-order valence-corrected chi connectivity index (χ2v) is 4.81. The molecule has 1 aliphatic heterocycles. The largest absolute Gasteiger partial charge is 0.394 e. The number of methoxy groups -OCH3 is 1. The Balaban J connectivity index is 2.13. The minimum Gasteiger partial charge on any atom is -0.394 e. The Bertz CT molecular complexity index is 452. The first kappa shape index (κ1) is 15.9. The molecule has 0 saturated carbocycles. The summed E-state index contributed by atoms with van der Waals surface area (Å²) in [7, 11) is 1.33. The maximum Gasteiger partial charge on any atom is 0.251 e. The van der Waals surface area contributed by atoms with E-state index in [1.807, 2.05) is 0 Å². The van der Waals surface area contributed by atoms with E-state index in [2.05, 4.69) is 5.32 Å². The van der Waals surface area contributed by atoms with Crippen molar-refractivity contribution in [3.05, 3.63) is 35.9 Å². The molecule has 1 fully saturated rings. The Hall–Kier alpha value is -1.51. The van der Waals surface area contributed by atoms with Gasteiger partial charge in [-0.2, -0.15) is 0 Å². The summed E-state index contributed by atoms with van der Waals surface area (Å²) in [6.45, 7) is -0.453. The predicted molar refractivity (Wildman–Crippen MR) is 72.5 cm³/mol. The molecular weight excluding hydrogens is 278 g/mol. The van der Waals surface area contributed by atoms with E-state index in [0.717, 1.165) is 0 Å². The predicted octanol–water partition coefficient (Wildman–Crippen LogP) is -1.13. The first-order valence-electron chi connectivity index (χ1n) is 6.59. The maximum absolute atomic E-state index is 12.1. The number of carbonyl (C=O) groups is 1. The molecule has 0 spiro atoms. The standard InChI is InChI=1S/C14H19NO6/c1-20-14-12(18)10(11(17)9(7-16)21-14)15-13(19)8-5-3-2-4-6-8/h2-6,9-12,14,16-18H,7H2,1H3,(H,15,19). The lowest BCUT2D eigenvalue weighted by Crippen LogP contribution is -2.64. The molecule has 1 aromatic rings. The van der Waals surface area contributed by atoms with E-state index in [0.29, 0.717) is 5.56 Å². The lowest BCUT2D eigenvalue weighted by molar-refractivity contribution is -0.270. The van der Waals surface area contributed by atoms with Gasteiger partial charge in [0, 0.05) is 12.7 Å². The third kappa shape index (κ3) is 3.39. The van der Waals surface area contributed by atoms with Gasteiger partial charge in [-0.15, -0.1) is 0 Å². The fourth-order valence-corrected chi connectivity index (χ4v) is 2.28. The van der Waals surface area contributed by atoms with Gasteiger partial charge in [0.15, 0.2) is 6.29 Å². The van der Waals surface area contributed by atoms with Crippen LogP contribution in [0.2, 0.25) is 0 Å². The van der Waals surface area contributed by atoms with Gasteiger partial charge in [-0.3, -0.25) is 4.79 Å². The van der Waals surface area contributed by atoms with Crippen LogP contribution in [0.25, 0.3) is 0 Å². The Morgan fingerprint density at radius 2 is 1.95 bits per heavy atom. The third-order valence-electron chi connectivity index (χ3n) is 3.45. The minimum atomic E-state index is -1.25. The highest BCUT2D eigenvalue weighted by Gasteiger charge is 2.45. The molecule has 0 aromatic heterocycles. The van der Waals surface area contributed by atoms with Crippen LogP contribution in [0.4, 0.5) is 0 Å². The summed E-state index contributed by atoms with van der Waals surface area (Å²) in [6, 6.07) is 7.42. The SMILES string of the molecule is COC1OC(CO)C(O)C(NC(=O)c2ccccc2)C1O. The van der Waals surface area contributed by atoms with E-state index in [9.17, 15) is 20.1 Å². The van der Waals surface area contributed by atoms with Crippen molar-refractivity contribution in [3.63, 3.8) is 0 Å². The van der Waals surface area contributed by atoms with E-state index < -0.39 is 43.2 Å². The van der Waals surface area contributed by atoms with E-state index in [4.69, 9.17) is 9.47 Å². The third-order valence-corrected chi connectivity index (χ3v) is 3.45. The van der Waals surface area contributed by atoms with Crippen LogP contribution >= 0.6 is 0 Å². The number of benzene rings is 1. The number of hydrogen-bond acceptors (Lipinski definition) is 6. The molecule has 1 aromatic carbocycles. The second kappa shape index (κ2) is 6.97. The lowest BCUT2D eigenvalue weighted by atomic mass is 9.96. The van der Waals surface area contributed by atoms with Crippen molar-refractivity contribution in [2.45, 2.75) is 30.6 Å². The first-order valence-corrected chi connectivity index (χ1v) is 6.59. The summed E-state index contributed by atoms with van der Waals surface area (Å²) >= 11 is 0. The van der Waals surface area contributed by atoms with Gasteiger partial charge < -0.3 is 30.1 Å². The molecule has 0 radical (unpaired) electrons. The number of aliphatic hydroxyl groups excluding tert-OH is 3. The number of ether oxygens (including phenoxy) is 2. The number of nitrogens with one attached hydrogen (secondary N) is 1. The van der Waals surface area contributed by atoms with Crippen LogP contribution in [-0.4, -0.2) is 65.6 Å². The van der Waals surface area contributed by atoms with Crippen molar-refractivity contribution in [2.24, 2.45) is 0 Å². The monoisotopic (exact) mass is 297 g/mol. The first-order chi connectivity index (χ1) is 10.1. The summed E-state index contributed by atoms with van der Waals surface area (Å²) in [6.07, 6.45) is -4.48. The van der Waals surface area contributed by atoms with Gasteiger partial charge in [0.25, 0.3) is 5.91 Å². The van der Waals surface area contributed by atoms with Gasteiger partial charge in [0.2, 0.25) is 0 Å². The van der Waals surface area contributed by atoms with Crippen molar-refractivity contribution in [1.82, 2.24) is 5.32 Å². The van der Waals surface area contributed by atoms with E-state index in [-0.39, 0.29) is 0 Å². The highest BCUT2D eigenvalue weighted by molar-refractivity contribution is 5.94. The van der Waals surface area contributed by atoms with E-state index in [1.165, 1.54) is 7.11 Å². The molecule has 0 bridgehead atoms. The van der Waals surface area contributed by atoms with Gasteiger partial charge in [0.1, 0.15) is 18.3 Å². The smallest absolute Gasteiger partial charge is 0.251 e. The fraction of sp³-hybridized carbons (Fsp3) is 0.500. The summed E-state index contributed by atoms with van der Waals surface area (Å²) in [5, 5.41) is 31.9. The van der Waals surface area contributed by atoms with Crippen LogP contribution < -0.4 is 5.32 Å². The zero-order valence-corrected chi connectivity index (χ0v) is 11.5. The summed E-state index contributed by atoms with van der Waals surface area (Å²) in [4.78, 5) is 12.1. The minimum absolute atomic E-state index is 0.401. The zero-order chi connectivity index (χ0) is 15.4. The van der Waals surface area contributed by atoms with Crippen LogP contribution in [0.3, 0.4) is 0 Å². The van der Waals surface area contributed by atoms with Crippen LogP contribution in [0, 0.1) is 0 Å². The van der Waals surface area contributed by atoms with Gasteiger partial charge in [-0.1, -0.05) is 18.2 Å². The van der Waals surface area contributed by atoms with Gasteiger partial charge in [-0.05, 0) is 12.1 Å². The number of carbonyl (C=O) groups excluding carboxylic acids is 1. The van der Waals surface area contributed by atoms with Crippen molar-refractivity contribution < 1.29 is 29.6 Å². The summed E-state index contributed by atoms with van der Waals surface area (Å²) in [5.41, 5.74) is 0.401. The van der Waals surface area contributed by atoms with E-state index in [1.54, 1.807) is 30.3 Å². The molecule has 5 atom stereocenters. The highest BCUT2D eigenvalue weighted by Crippen LogP contribution is 2.22. The molecule has 1 amide bonds. The van der Waals surface area contributed by atoms with Crippen LogP contribution in [-0.2, 0) is 9.47 Å². The van der Waals surface area contributed by atoms with Gasteiger partial charge in [0.05, 0.1) is 12.6 Å². The number of rotatable bonds is 4. The molecule has 7 nitrogen and oxygen atoms in total. The molecule has 1 heterocycles. The number of aliphatic hydroxyl groups is 3. The summed E-state index contributed by atoms with van der Waals surface area (Å²) in [5.74, 6) is -0.438. The van der Waals surface area contributed by atoms with Crippen molar-refractivity contribution in [2.75, 3.05) is 13.7 Å². The van der Waals surface area contributed by atoms with Crippen molar-refractivity contribution in [3.8, 4) is 0 Å². The molecule has 0 aliphatic carbocycles. The molecular formula is C14H19NO6. The van der Waals surface area contributed by atoms with E-state index >= 15 is 0 Å². The molecule has 2 rings (SSSR count). The topological polar surface area (TPSA) is 108 Å². The maximum atomic E-state index is 12.1. The Labute approximate surface area is 122 Å². The average Bonchev–Trinajstić information content (AvgIpc) is 2.52. The highest BCUT2D eigenvalue weighted by atomic mass is 16.7. The van der Waals surface area contributed by atoms with Gasteiger partial charge >= 0.3 is 0 Å². The Kier molecular flexibility index (Phi) is 5.27. The van der Waals surface area contributed by atoms with Crippen LogP contribution in [0.15, 0.2) is 30.3 Å². The molecule has 116 valence electrons. The quantitative estimate of drug-likeness (QED) is 0.560. The second-order valence-electron chi connectivity index (χ2n) is 4.81. The molecule has 1 aliphatic rings. The van der Waals surface area contributed by atoms with Crippen molar-refractivity contribution >= 4 is 5.91 Å². The lowest BCUT2D eigenvalue weighted by Gasteiger charge is -2.41. The summed E-state index contributed by atoms with van der Waals surface area (Å²) < 4.78 is 10.2. The molecule has 4 N–H and O–H groups in total. The van der Waals surface area contributed by atoms with Gasteiger partial charge in [-0.25, -0.2) is 0 Å². The Morgan fingerprint density at radius 1 is 1.29 bits per heavy atom.